The van der Waals surface area contributed by atoms with Crippen molar-refractivity contribution in [1.82, 2.24) is 0 Å². The third kappa shape index (κ3) is 2.31. The lowest BCUT2D eigenvalue weighted by Crippen LogP contribution is -2.59. The second-order valence-electron chi connectivity index (χ2n) is 6.82. The lowest BCUT2D eigenvalue weighted by atomic mass is 9.60. The first-order chi connectivity index (χ1) is 10.3. The average Bonchev–Trinajstić information content (AvgIpc) is 2.45. The maximum Gasteiger partial charge on any atom is 0.290 e. The summed E-state index contributed by atoms with van der Waals surface area (Å²) < 4.78 is 10.7. The molecule has 114 valence electrons. The Kier molecular flexibility index (Phi) is 3.90. The molecule has 4 nitrogen and oxygen atoms in total. The van der Waals surface area contributed by atoms with Gasteiger partial charge in [0.1, 0.15) is 0 Å². The minimum atomic E-state index is -1.32. The first kappa shape index (κ1) is 15.9. The van der Waals surface area contributed by atoms with Gasteiger partial charge in [-0.1, -0.05) is 50.3 Å². The number of hydrogen-bond acceptors (Lipinski definition) is 4. The first-order valence-corrected chi connectivity index (χ1v) is 7.21. The van der Waals surface area contributed by atoms with Crippen molar-refractivity contribution in [1.29, 1.82) is 10.5 Å². The molecule has 0 radical (unpaired) electrons. The number of rotatable bonds is 3. The molecule has 2 rings (SSSR count). The molecule has 4 heteroatoms. The van der Waals surface area contributed by atoms with E-state index in [1.54, 1.807) is 12.5 Å². The SMILES string of the molecule is CC1(C)C=C(c2ccccc2)CC(C)(C)C1(OC#N)OC#N. The van der Waals surface area contributed by atoms with Gasteiger partial charge < -0.3 is 9.47 Å². The molecule has 0 saturated heterocycles. The van der Waals surface area contributed by atoms with Crippen molar-refractivity contribution >= 4 is 5.57 Å². The fourth-order valence-corrected chi connectivity index (χ4v) is 3.57. The van der Waals surface area contributed by atoms with E-state index in [1.807, 2.05) is 52.0 Å². The number of hydrogen-bond donors (Lipinski definition) is 0. The van der Waals surface area contributed by atoms with Crippen molar-refractivity contribution < 1.29 is 9.47 Å². The second-order valence-corrected chi connectivity index (χ2v) is 6.82. The Morgan fingerprint density at radius 2 is 1.50 bits per heavy atom. The van der Waals surface area contributed by atoms with E-state index in [9.17, 15) is 0 Å². The van der Waals surface area contributed by atoms with Crippen molar-refractivity contribution in [2.75, 3.05) is 0 Å². The van der Waals surface area contributed by atoms with E-state index in [-0.39, 0.29) is 0 Å². The van der Waals surface area contributed by atoms with Gasteiger partial charge in [-0.3, -0.25) is 0 Å². The van der Waals surface area contributed by atoms with Crippen LogP contribution in [0.5, 0.6) is 0 Å². The van der Waals surface area contributed by atoms with Crippen molar-refractivity contribution in [2.24, 2.45) is 10.8 Å². The molecule has 0 atom stereocenters. The van der Waals surface area contributed by atoms with Gasteiger partial charge in [0, 0.05) is 5.41 Å². The summed E-state index contributed by atoms with van der Waals surface area (Å²) in [4.78, 5) is 0. The van der Waals surface area contributed by atoms with Crippen LogP contribution >= 0.6 is 0 Å². The predicted molar refractivity (Wildman–Crippen MR) is 82.7 cm³/mol. The summed E-state index contributed by atoms with van der Waals surface area (Å²) in [6.45, 7) is 7.76. The Balaban J connectivity index is 2.60. The molecule has 0 amide bonds. The maximum atomic E-state index is 9.08. The van der Waals surface area contributed by atoms with Crippen molar-refractivity contribution in [3.63, 3.8) is 0 Å². The van der Waals surface area contributed by atoms with Gasteiger partial charge in [0.25, 0.3) is 18.3 Å². The lowest BCUT2D eigenvalue weighted by molar-refractivity contribution is -0.279. The van der Waals surface area contributed by atoms with E-state index in [0.29, 0.717) is 6.42 Å². The summed E-state index contributed by atoms with van der Waals surface area (Å²) in [5, 5.41) is 18.2. The maximum absolute atomic E-state index is 9.08. The van der Waals surface area contributed by atoms with Gasteiger partial charge in [-0.2, -0.15) is 10.5 Å². The van der Waals surface area contributed by atoms with Gasteiger partial charge in [0.05, 0.1) is 5.41 Å². The Morgan fingerprint density at radius 3 is 1.95 bits per heavy atom. The molecule has 1 aromatic carbocycles. The van der Waals surface area contributed by atoms with Crippen LogP contribution in [0.25, 0.3) is 5.57 Å². The number of allylic oxidation sites excluding steroid dienone is 1. The molecule has 1 aliphatic rings. The highest BCUT2D eigenvalue weighted by molar-refractivity contribution is 5.68. The molecule has 0 saturated carbocycles. The molecule has 1 aromatic rings. The van der Waals surface area contributed by atoms with E-state index in [2.05, 4.69) is 12.1 Å². The molecule has 0 spiro atoms. The highest BCUT2D eigenvalue weighted by Crippen LogP contribution is 2.56. The van der Waals surface area contributed by atoms with Gasteiger partial charge >= 0.3 is 0 Å². The van der Waals surface area contributed by atoms with Gasteiger partial charge in [-0.05, 0) is 31.4 Å². The molecule has 22 heavy (non-hydrogen) atoms. The summed E-state index contributed by atoms with van der Waals surface area (Å²) in [6.07, 6.45) is 6.13. The van der Waals surface area contributed by atoms with Crippen molar-refractivity contribution in [3.05, 3.63) is 42.0 Å². The van der Waals surface area contributed by atoms with E-state index in [0.717, 1.165) is 11.1 Å². The molecule has 0 unspecified atom stereocenters. The molecular weight excluding hydrogens is 276 g/mol. The Bertz CT molecular complexity index is 645. The molecule has 1 aliphatic carbocycles. The van der Waals surface area contributed by atoms with Crippen LogP contribution in [0.2, 0.25) is 0 Å². The summed E-state index contributed by atoms with van der Waals surface area (Å²) in [6, 6.07) is 10.1. The first-order valence-electron chi connectivity index (χ1n) is 7.21. The lowest BCUT2D eigenvalue weighted by Gasteiger charge is -2.52. The largest absolute Gasteiger partial charge is 0.380 e. The van der Waals surface area contributed by atoms with E-state index < -0.39 is 16.6 Å². The summed E-state index contributed by atoms with van der Waals surface area (Å²) in [5.41, 5.74) is 1.09. The van der Waals surface area contributed by atoms with Crippen LogP contribution < -0.4 is 0 Å². The molecule has 0 heterocycles. The third-order valence-electron chi connectivity index (χ3n) is 4.43. The second kappa shape index (κ2) is 5.39. The minimum absolute atomic E-state index is 0.554. The topological polar surface area (TPSA) is 66.0 Å². The van der Waals surface area contributed by atoms with Gasteiger partial charge in [-0.25, -0.2) is 0 Å². The fraction of sp³-hybridized carbons (Fsp3) is 0.444. The normalized spacial score (nSPS) is 20.9. The van der Waals surface area contributed by atoms with E-state index in [4.69, 9.17) is 20.0 Å². The summed E-state index contributed by atoms with van der Waals surface area (Å²) in [5.74, 6) is -1.32. The van der Waals surface area contributed by atoms with E-state index in [1.165, 1.54) is 0 Å². The quantitative estimate of drug-likeness (QED) is 0.618. The average molecular weight is 296 g/mol. The molecule has 0 aliphatic heterocycles. The number of benzene rings is 1. The Labute approximate surface area is 131 Å². The van der Waals surface area contributed by atoms with Crippen LogP contribution in [-0.4, -0.2) is 5.79 Å². The van der Waals surface area contributed by atoms with Crippen LogP contribution in [-0.2, 0) is 9.47 Å². The fourth-order valence-electron chi connectivity index (χ4n) is 3.57. The zero-order valence-electron chi connectivity index (χ0n) is 13.4. The number of nitrogens with zero attached hydrogens (tertiary/aromatic N) is 2. The Morgan fingerprint density at radius 1 is 0.955 bits per heavy atom. The van der Waals surface area contributed by atoms with Gasteiger partial charge in [0.15, 0.2) is 0 Å². The van der Waals surface area contributed by atoms with Crippen LogP contribution in [0.4, 0.5) is 0 Å². The zero-order valence-corrected chi connectivity index (χ0v) is 13.4. The van der Waals surface area contributed by atoms with Gasteiger partial charge in [-0.15, -0.1) is 0 Å². The van der Waals surface area contributed by atoms with Crippen molar-refractivity contribution in [3.8, 4) is 12.5 Å². The van der Waals surface area contributed by atoms with Crippen LogP contribution in [0.1, 0.15) is 39.7 Å². The minimum Gasteiger partial charge on any atom is -0.380 e. The van der Waals surface area contributed by atoms with Gasteiger partial charge in [0.2, 0.25) is 0 Å². The van der Waals surface area contributed by atoms with Crippen molar-refractivity contribution in [2.45, 2.75) is 39.9 Å². The smallest absolute Gasteiger partial charge is 0.290 e. The highest BCUT2D eigenvalue weighted by atomic mass is 16.7. The molecule has 0 fully saturated rings. The molecule has 0 N–H and O–H groups in total. The third-order valence-corrected chi connectivity index (χ3v) is 4.43. The molecule has 0 bridgehead atoms. The summed E-state index contributed by atoms with van der Waals surface area (Å²) in [7, 11) is 0. The standard InChI is InChI=1S/C18H20N2O2/c1-16(2)10-15(14-8-6-5-7-9-14)11-17(3,4)18(16,21-12-19)22-13-20/h5-10H,11H2,1-4H3. The predicted octanol–water partition coefficient (Wildman–Crippen LogP) is 4.22. The zero-order chi connectivity index (χ0) is 16.4. The molecule has 0 aromatic heterocycles. The number of nitriles is 2. The van der Waals surface area contributed by atoms with Crippen LogP contribution in [0.3, 0.4) is 0 Å². The molecular formula is C18H20N2O2. The monoisotopic (exact) mass is 296 g/mol. The van der Waals surface area contributed by atoms with Crippen LogP contribution in [0.15, 0.2) is 36.4 Å². The van der Waals surface area contributed by atoms with E-state index >= 15 is 0 Å². The highest BCUT2D eigenvalue weighted by Gasteiger charge is 2.62. The van der Waals surface area contributed by atoms with Crippen LogP contribution in [0, 0.1) is 33.9 Å². The summed E-state index contributed by atoms with van der Waals surface area (Å²) >= 11 is 0. The Hall–Kier alpha value is -2.46. The number of ether oxygens (including phenoxy) is 2.